The molecule has 4 atom stereocenters. The van der Waals surface area contributed by atoms with Crippen molar-refractivity contribution in [2.75, 3.05) is 20.2 Å². The summed E-state index contributed by atoms with van der Waals surface area (Å²) < 4.78 is 22.5. The molecule has 1 heterocycles. The molecule has 3 aliphatic rings. The normalized spacial score (nSPS) is 22.3. The number of allylic oxidation sites excluding steroid dienone is 2. The molecular weight excluding hydrogens is 940 g/mol. The van der Waals surface area contributed by atoms with Gasteiger partial charge in [-0.1, -0.05) is 12.2 Å². The number of halogens is 2. The average Bonchev–Trinajstić information content (AvgIpc) is 2.95. The van der Waals surface area contributed by atoms with Crippen LogP contribution in [-0.4, -0.2) is 99.4 Å². The Hall–Kier alpha value is -0.0779. The van der Waals surface area contributed by atoms with Crippen LogP contribution >= 0.6 is 37.2 Å². The molecule has 0 aromatic rings. The van der Waals surface area contributed by atoms with Gasteiger partial charge < -0.3 is 29.4 Å². The molecule has 13 heteroatoms. The van der Waals surface area contributed by atoms with E-state index in [9.17, 15) is 19.2 Å². The van der Waals surface area contributed by atoms with Crippen LogP contribution in [0.15, 0.2) is 12.2 Å². The number of aliphatic hydroxyl groups excluding tert-OH is 1. The molecule has 2 aliphatic carbocycles. The van der Waals surface area contributed by atoms with Crippen molar-refractivity contribution in [3.05, 3.63) is 12.2 Å². The maximum atomic E-state index is 10.8. The van der Waals surface area contributed by atoms with Crippen LogP contribution in [-0.2, 0) is 38.1 Å². The number of aliphatic hydroxyl groups is 1. The van der Waals surface area contributed by atoms with Crippen molar-refractivity contribution >= 4 is 86.9 Å². The molecule has 3 rings (SSSR count). The summed E-state index contributed by atoms with van der Waals surface area (Å²) in [5.41, 5.74) is 0. The topological polar surface area (TPSA) is 137 Å². The summed E-state index contributed by atoms with van der Waals surface area (Å²) in [5.74, 6) is -1.31. The first kappa shape index (κ1) is 44.4. The molecule has 0 spiro atoms. The van der Waals surface area contributed by atoms with Crippen LogP contribution in [0.3, 0.4) is 0 Å². The average molecular weight is 991 g/mol. The summed E-state index contributed by atoms with van der Waals surface area (Å²) >= 11 is 5.13. The minimum absolute atomic E-state index is 0.245. The predicted octanol–water partition coefficient (Wildman–Crippen LogP) is 4.43. The predicted molar refractivity (Wildman–Crippen MR) is 176 cm³/mol. The summed E-state index contributed by atoms with van der Waals surface area (Å²) in [6, 6.07) is 0. The number of hydrogen-bond acceptors (Lipinski definition) is 10. The van der Waals surface area contributed by atoms with E-state index in [4.69, 9.17) is 24.1 Å². The van der Waals surface area contributed by atoms with Crippen LogP contribution in [0.25, 0.3) is 0 Å². The van der Waals surface area contributed by atoms with E-state index in [0.717, 1.165) is 65.1 Å². The van der Waals surface area contributed by atoms with E-state index >= 15 is 0 Å². The number of piperidine rings is 1. The molecule has 1 saturated carbocycles. The van der Waals surface area contributed by atoms with E-state index in [2.05, 4.69) is 59.2 Å². The van der Waals surface area contributed by atoms with Gasteiger partial charge >= 0.3 is 54.1 Å². The van der Waals surface area contributed by atoms with Crippen LogP contribution in [0, 0.1) is 0 Å². The first-order valence-electron chi connectivity index (χ1n) is 13.8. The molecule has 10 nitrogen and oxygen atoms in total. The van der Waals surface area contributed by atoms with Gasteiger partial charge in [0.15, 0.2) is 6.10 Å². The van der Waals surface area contributed by atoms with Crippen LogP contribution in [0.5, 0.6) is 0 Å². The third kappa shape index (κ3) is 26.8. The van der Waals surface area contributed by atoms with Gasteiger partial charge in [0.1, 0.15) is 18.3 Å². The molecule has 0 aromatic heterocycles. The number of nitrogens with one attached hydrogen (secondary N) is 1. The molecule has 1 saturated heterocycles. The van der Waals surface area contributed by atoms with Crippen LogP contribution in [0.4, 0.5) is 0 Å². The molecule has 234 valence electrons. The van der Waals surface area contributed by atoms with E-state index in [1.165, 1.54) is 53.4 Å². The Kier molecular flexibility index (Phi) is 35.3. The first-order valence-corrected chi connectivity index (χ1v) is 27.9. The second kappa shape index (κ2) is 31.8. The number of carbonyl (C=O) groups excluding carboxylic acids is 4. The number of hydrogen-bond donors (Lipinski definition) is 2. The second-order valence-electron chi connectivity index (χ2n) is 8.62. The molecule has 1 aliphatic heterocycles. The third-order valence-corrected chi connectivity index (χ3v) is 5.44. The Balaban J connectivity index is -0.000000493. The van der Waals surface area contributed by atoms with E-state index in [0.29, 0.717) is 13.0 Å². The van der Waals surface area contributed by atoms with Crippen molar-refractivity contribution in [2.45, 2.75) is 114 Å². The van der Waals surface area contributed by atoms with Gasteiger partial charge in [0.2, 0.25) is 0 Å². The fourth-order valence-corrected chi connectivity index (χ4v) is 4.00. The minimum atomic E-state index is -0.356. The summed E-state index contributed by atoms with van der Waals surface area (Å²) in [6.45, 7) is 6.76. The molecule has 40 heavy (non-hydrogen) atoms. The maximum absolute atomic E-state index is 10.8. The fourth-order valence-electron chi connectivity index (χ4n) is 4.00. The van der Waals surface area contributed by atoms with Crippen molar-refractivity contribution in [3.8, 4) is 0 Å². The van der Waals surface area contributed by atoms with E-state index < -0.39 is 0 Å². The molecule has 2 N–H and O–H groups in total. The van der Waals surface area contributed by atoms with Gasteiger partial charge in [0.05, 0.1) is 0 Å². The van der Waals surface area contributed by atoms with Gasteiger partial charge in [-0.25, -0.2) is 0 Å². The Morgan fingerprint density at radius 2 is 0.975 bits per heavy atom. The molecule has 2 fully saturated rings. The van der Waals surface area contributed by atoms with Crippen molar-refractivity contribution < 1.29 is 43.2 Å². The number of ether oxygens (including phenoxy) is 4. The second-order valence-corrected chi connectivity index (χ2v) is 8.62. The summed E-state index contributed by atoms with van der Waals surface area (Å²) in [5, 5.41) is 10.1. The monoisotopic (exact) mass is 991 g/mol. The van der Waals surface area contributed by atoms with Crippen molar-refractivity contribution in [1.29, 1.82) is 0 Å². The quantitative estimate of drug-likeness (QED) is 0.137. The van der Waals surface area contributed by atoms with Crippen LogP contribution in [0.2, 0.25) is 4.48 Å². The molecule has 0 radical (unpaired) electrons. The summed E-state index contributed by atoms with van der Waals surface area (Å²) in [4.78, 5) is 43.1. The Labute approximate surface area is 279 Å². The van der Waals surface area contributed by atoms with Gasteiger partial charge in [-0.3, -0.25) is 19.2 Å². The van der Waals surface area contributed by atoms with Crippen molar-refractivity contribution in [2.24, 2.45) is 0 Å². The molecule has 0 amide bonds. The van der Waals surface area contributed by atoms with E-state index in [1.807, 2.05) is 0 Å². The SMILES string of the molecule is C1=CCCCC1.CC(=O)O[C@H]1CCCC[C@@H]1OC(C)=O.CC(=O)O[C@H]1CCNC[C@@H]1OC(C)=O.CO.II.[CH3][TlH2]. The zero-order valence-corrected chi connectivity index (χ0v) is 37.3. The standard InChI is InChI=1S/C10H16O4.C9H15NO4.C6H10.CH4O.CH3.I2.Tl.2H/c1-7(11)13-9-5-3-4-6-10(9)14-8(2)12;1-6(11)13-8-3-4-10-5-9(8)14-7(2)12;1-2-4-6-5-3-1;1-2;;1-2;;;/h9-10H,3-6H2,1-2H3;8-10H,3-5H2,1-2H3;1-2H,3-6H2;2H,1H3;1H3;;;;/t9-,10-;8-,9-;;;;;;;/m00......./s1. The number of carbonyl (C=O) groups is 4. The fraction of sp³-hybridized carbons (Fsp3) is 0.778. The Morgan fingerprint density at radius 3 is 1.27 bits per heavy atom. The molecular formula is C27H50I2NO9Tl. The summed E-state index contributed by atoms with van der Waals surface area (Å²) in [7, 11) is 1.00. The van der Waals surface area contributed by atoms with Gasteiger partial charge in [0.25, 0.3) is 0 Å². The van der Waals surface area contributed by atoms with Crippen LogP contribution in [0.1, 0.15) is 85.5 Å². The summed E-state index contributed by atoms with van der Waals surface area (Å²) in [6.07, 6.45) is 13.1. The van der Waals surface area contributed by atoms with Gasteiger partial charge in [0, 0.05) is 85.0 Å². The van der Waals surface area contributed by atoms with Gasteiger partial charge in [-0.05, 0) is 57.9 Å². The van der Waals surface area contributed by atoms with E-state index in [-0.39, 0.29) is 48.3 Å². The van der Waals surface area contributed by atoms with Gasteiger partial charge in [-0.15, -0.1) is 0 Å². The van der Waals surface area contributed by atoms with Crippen LogP contribution < -0.4 is 5.32 Å². The zero-order valence-electron chi connectivity index (χ0n) is 25.2. The number of esters is 4. The van der Waals surface area contributed by atoms with E-state index in [1.54, 1.807) is 0 Å². The Bertz CT molecular complexity index is 595. The molecule has 0 unspecified atom stereocenters. The molecule has 0 bridgehead atoms. The Morgan fingerprint density at radius 1 is 0.650 bits per heavy atom. The van der Waals surface area contributed by atoms with Crippen molar-refractivity contribution in [1.82, 2.24) is 5.32 Å². The zero-order chi connectivity index (χ0) is 31.3. The number of rotatable bonds is 4. The third-order valence-electron chi connectivity index (χ3n) is 5.44. The molecule has 0 aromatic carbocycles. The first-order chi connectivity index (χ1) is 19.2. The van der Waals surface area contributed by atoms with Gasteiger partial charge in [-0.2, -0.15) is 0 Å². The van der Waals surface area contributed by atoms with Crippen molar-refractivity contribution in [3.63, 3.8) is 0 Å².